The summed E-state index contributed by atoms with van der Waals surface area (Å²) in [5.41, 5.74) is 0.276. The van der Waals surface area contributed by atoms with Crippen molar-refractivity contribution in [2.45, 2.75) is 0 Å². The van der Waals surface area contributed by atoms with Crippen LogP contribution in [0.3, 0.4) is 0 Å². The summed E-state index contributed by atoms with van der Waals surface area (Å²) in [4.78, 5) is 20.7. The molecule has 0 unspecified atom stereocenters. The average molecular weight is 230 g/mol. The third-order valence-corrected chi connectivity index (χ3v) is 2.25. The molecule has 1 aromatic carbocycles. The first-order valence-corrected chi connectivity index (χ1v) is 4.81. The molecule has 17 heavy (non-hydrogen) atoms. The molecule has 0 bridgehead atoms. The molecule has 0 amide bonds. The third-order valence-electron chi connectivity index (χ3n) is 2.25. The van der Waals surface area contributed by atoms with Gasteiger partial charge in [-0.2, -0.15) is 4.57 Å². The van der Waals surface area contributed by atoms with Gasteiger partial charge in [0.2, 0.25) is 0 Å². The molecule has 2 aromatic rings. The predicted octanol–water partition coefficient (Wildman–Crippen LogP) is 2.27. The summed E-state index contributed by atoms with van der Waals surface area (Å²) < 4.78 is 1.60. The van der Waals surface area contributed by atoms with Crippen LogP contribution in [-0.4, -0.2) is 4.92 Å². The second kappa shape index (κ2) is 4.48. The van der Waals surface area contributed by atoms with Crippen LogP contribution in [-0.2, 0) is 0 Å². The number of aromatic nitrogens is 1. The lowest BCUT2D eigenvalue weighted by molar-refractivity contribution is -0.600. The lowest BCUT2D eigenvalue weighted by Crippen LogP contribution is -2.29. The van der Waals surface area contributed by atoms with E-state index in [9.17, 15) is 15.0 Å². The van der Waals surface area contributed by atoms with E-state index in [2.05, 4.69) is 5.18 Å². The van der Waals surface area contributed by atoms with E-state index in [1.807, 2.05) is 6.07 Å². The Hall–Kier alpha value is -2.63. The zero-order valence-electron chi connectivity index (χ0n) is 8.69. The van der Waals surface area contributed by atoms with Crippen molar-refractivity contribution in [3.05, 3.63) is 63.8 Å². The van der Waals surface area contributed by atoms with Gasteiger partial charge in [-0.25, -0.2) is 0 Å². The van der Waals surface area contributed by atoms with E-state index >= 15 is 0 Å². The van der Waals surface area contributed by atoms with Crippen molar-refractivity contribution in [2.24, 2.45) is 5.18 Å². The number of nitro benzene ring substituents is 1. The molecule has 0 aliphatic heterocycles. The van der Waals surface area contributed by atoms with Crippen molar-refractivity contribution in [1.82, 2.24) is 0 Å². The van der Waals surface area contributed by atoms with Crippen LogP contribution < -0.4 is 4.57 Å². The number of benzene rings is 1. The Kier molecular flexibility index (Phi) is 2.87. The van der Waals surface area contributed by atoms with Crippen LogP contribution in [0.2, 0.25) is 0 Å². The Labute approximate surface area is 96.3 Å². The maximum atomic E-state index is 10.9. The molecule has 6 heteroatoms. The minimum atomic E-state index is -0.538. The Bertz CT molecular complexity index is 569. The van der Waals surface area contributed by atoms with E-state index in [0.717, 1.165) is 6.07 Å². The fourth-order valence-corrected chi connectivity index (χ4v) is 1.49. The average Bonchev–Trinajstić information content (AvgIpc) is 2.39. The Balaban J connectivity index is 2.62. The van der Waals surface area contributed by atoms with E-state index in [1.54, 1.807) is 29.1 Å². The maximum Gasteiger partial charge on any atom is 0.342 e. The van der Waals surface area contributed by atoms with Crippen LogP contribution in [0.1, 0.15) is 0 Å². The van der Waals surface area contributed by atoms with Gasteiger partial charge in [0.05, 0.1) is 11.0 Å². The van der Waals surface area contributed by atoms with Crippen LogP contribution >= 0.6 is 0 Å². The molecule has 1 heterocycles. The highest BCUT2D eigenvalue weighted by atomic mass is 16.6. The lowest BCUT2D eigenvalue weighted by Gasteiger charge is -1.97. The summed E-state index contributed by atoms with van der Waals surface area (Å²) in [7, 11) is 0. The summed E-state index contributed by atoms with van der Waals surface area (Å²) in [5.74, 6) is 0. The van der Waals surface area contributed by atoms with Gasteiger partial charge in [-0.1, -0.05) is 6.07 Å². The Morgan fingerprint density at radius 1 is 1.18 bits per heavy atom. The molecule has 84 valence electrons. The summed E-state index contributed by atoms with van der Waals surface area (Å²) in [5, 5.41) is 13.6. The number of nitrogens with zero attached hydrogens (tertiary/aromatic N) is 3. The number of hydrogen-bond donors (Lipinski definition) is 0. The highest BCUT2D eigenvalue weighted by molar-refractivity contribution is 5.55. The fraction of sp³-hybridized carbons (Fsp3) is 0. The van der Waals surface area contributed by atoms with Gasteiger partial charge in [0.25, 0.3) is 5.69 Å². The largest absolute Gasteiger partial charge is 0.342 e. The monoisotopic (exact) mass is 230 g/mol. The minimum Gasteiger partial charge on any atom is -0.258 e. The van der Waals surface area contributed by atoms with E-state index in [-0.39, 0.29) is 11.4 Å². The van der Waals surface area contributed by atoms with Crippen LogP contribution in [0.25, 0.3) is 5.69 Å². The van der Waals surface area contributed by atoms with Crippen molar-refractivity contribution in [3.63, 3.8) is 0 Å². The first-order chi connectivity index (χ1) is 8.22. The van der Waals surface area contributed by atoms with E-state index in [1.165, 1.54) is 12.1 Å². The van der Waals surface area contributed by atoms with Crippen molar-refractivity contribution < 1.29 is 9.49 Å². The smallest absolute Gasteiger partial charge is 0.258 e. The molecule has 0 saturated carbocycles. The van der Waals surface area contributed by atoms with Gasteiger partial charge in [0.1, 0.15) is 5.69 Å². The van der Waals surface area contributed by atoms with E-state index in [4.69, 9.17) is 0 Å². The molecule has 0 saturated heterocycles. The molecule has 6 nitrogen and oxygen atoms in total. The zero-order chi connectivity index (χ0) is 12.3. The van der Waals surface area contributed by atoms with Gasteiger partial charge < -0.3 is 0 Å². The topological polar surface area (TPSA) is 76.5 Å². The number of nitroso groups, excluding NO2 is 1. The molecular weight excluding hydrogens is 222 g/mol. The summed E-state index contributed by atoms with van der Waals surface area (Å²) in [6.45, 7) is 0. The molecule has 1 aromatic heterocycles. The molecule has 2 rings (SSSR count). The van der Waals surface area contributed by atoms with E-state index < -0.39 is 4.92 Å². The van der Waals surface area contributed by atoms with Crippen molar-refractivity contribution in [2.75, 3.05) is 0 Å². The summed E-state index contributed by atoms with van der Waals surface area (Å²) in [6.07, 6.45) is 3.38. The normalized spacial score (nSPS) is 9.88. The van der Waals surface area contributed by atoms with Crippen LogP contribution in [0.15, 0.2) is 54.0 Å². The zero-order valence-corrected chi connectivity index (χ0v) is 8.69. The molecule has 0 aliphatic rings. The molecule has 0 N–H and O–H groups in total. The van der Waals surface area contributed by atoms with Gasteiger partial charge in [0.15, 0.2) is 12.4 Å². The second-order valence-electron chi connectivity index (χ2n) is 3.30. The van der Waals surface area contributed by atoms with Gasteiger partial charge in [-0.15, -0.1) is 4.91 Å². The number of hydrogen-bond acceptors (Lipinski definition) is 4. The number of rotatable bonds is 3. The number of pyridine rings is 1. The predicted molar refractivity (Wildman–Crippen MR) is 60.1 cm³/mol. The highest BCUT2D eigenvalue weighted by Gasteiger charge is 2.22. The highest BCUT2D eigenvalue weighted by Crippen LogP contribution is 2.24. The molecule has 0 atom stereocenters. The van der Waals surface area contributed by atoms with Gasteiger partial charge in [-0.05, 0) is 11.2 Å². The molecule has 0 radical (unpaired) electrons. The Morgan fingerprint density at radius 3 is 2.47 bits per heavy atom. The van der Waals surface area contributed by atoms with Crippen LogP contribution in [0.4, 0.5) is 11.4 Å². The van der Waals surface area contributed by atoms with Gasteiger partial charge >= 0.3 is 5.69 Å². The quantitative estimate of drug-likeness (QED) is 0.351. The number of nitro groups is 1. The van der Waals surface area contributed by atoms with Gasteiger partial charge in [0, 0.05) is 18.2 Å². The first-order valence-electron chi connectivity index (χ1n) is 4.81. The van der Waals surface area contributed by atoms with Crippen LogP contribution in [0, 0.1) is 15.0 Å². The summed E-state index contributed by atoms with van der Waals surface area (Å²) in [6, 6.07) is 9.42. The standard InChI is InChI=1S/C11H8N3O3/c15-12-9-4-5-10(11(8-9)14(16)17)13-6-2-1-3-7-13/h1-8H/q+1. The SMILES string of the molecule is O=Nc1ccc(-[n+]2ccccc2)c([N+](=O)[O-])c1. The maximum absolute atomic E-state index is 10.9. The van der Waals surface area contributed by atoms with Crippen LogP contribution in [0.5, 0.6) is 0 Å². The minimum absolute atomic E-state index is 0.0389. The fourth-order valence-electron chi connectivity index (χ4n) is 1.49. The molecular formula is C11H8N3O3+. The van der Waals surface area contributed by atoms with E-state index in [0.29, 0.717) is 5.69 Å². The van der Waals surface area contributed by atoms with Crippen molar-refractivity contribution in [3.8, 4) is 5.69 Å². The second-order valence-corrected chi connectivity index (χ2v) is 3.30. The summed E-state index contributed by atoms with van der Waals surface area (Å²) >= 11 is 0. The third kappa shape index (κ3) is 2.15. The molecule has 0 fully saturated rings. The molecule has 0 aliphatic carbocycles. The van der Waals surface area contributed by atoms with Gasteiger partial charge in [-0.3, -0.25) is 10.1 Å². The molecule has 0 spiro atoms. The van der Waals surface area contributed by atoms with Crippen molar-refractivity contribution >= 4 is 11.4 Å². The Morgan fingerprint density at radius 2 is 1.88 bits per heavy atom. The first kappa shape index (κ1) is 10.9. The lowest BCUT2D eigenvalue weighted by atomic mass is 10.2. The van der Waals surface area contributed by atoms with Crippen molar-refractivity contribution in [1.29, 1.82) is 0 Å².